The van der Waals surface area contributed by atoms with Gasteiger partial charge in [-0.05, 0) is 17.7 Å². The molecule has 0 aliphatic carbocycles. The summed E-state index contributed by atoms with van der Waals surface area (Å²) in [4.78, 5) is 28.8. The van der Waals surface area contributed by atoms with Crippen LogP contribution in [-0.4, -0.2) is 18.7 Å². The Morgan fingerprint density at radius 1 is 1.13 bits per heavy atom. The number of hydrogen-bond acceptors (Lipinski definition) is 4. The first-order chi connectivity index (χ1) is 10.9. The molecular weight excluding hydrogens is 336 g/mol. The van der Waals surface area contributed by atoms with Gasteiger partial charge in [-0.3, -0.25) is 13.9 Å². The summed E-state index contributed by atoms with van der Waals surface area (Å²) in [6, 6.07) is 7.60. The van der Waals surface area contributed by atoms with Crippen LogP contribution in [0.5, 0.6) is 0 Å². The molecule has 0 spiro atoms. The van der Waals surface area contributed by atoms with Crippen LogP contribution in [0.2, 0.25) is 5.02 Å². The van der Waals surface area contributed by atoms with E-state index in [0.29, 0.717) is 27.1 Å². The molecule has 0 unspecified atom stereocenters. The average Bonchev–Trinajstić information content (AvgIpc) is 2.86. The van der Waals surface area contributed by atoms with Crippen LogP contribution in [-0.2, 0) is 26.9 Å². The molecule has 2 aromatic heterocycles. The fraction of sp³-hybridized carbons (Fsp3) is 0.267. The van der Waals surface area contributed by atoms with Crippen molar-refractivity contribution in [3.05, 3.63) is 55.7 Å². The third-order valence-corrected chi connectivity index (χ3v) is 5.03. The minimum Gasteiger partial charge on any atom is -0.316 e. The van der Waals surface area contributed by atoms with Crippen LogP contribution >= 0.6 is 23.4 Å². The van der Waals surface area contributed by atoms with E-state index in [1.807, 2.05) is 24.3 Å². The monoisotopic (exact) mass is 350 g/mol. The van der Waals surface area contributed by atoms with Crippen molar-refractivity contribution in [1.29, 1.82) is 0 Å². The normalized spacial score (nSPS) is 11.3. The highest BCUT2D eigenvalue weighted by atomic mass is 35.5. The van der Waals surface area contributed by atoms with Crippen LogP contribution in [0.25, 0.3) is 11.2 Å². The Balaban J connectivity index is 2.04. The van der Waals surface area contributed by atoms with Crippen molar-refractivity contribution in [3.8, 4) is 0 Å². The molecule has 0 amide bonds. The number of rotatable bonds is 3. The van der Waals surface area contributed by atoms with Crippen molar-refractivity contribution in [2.75, 3.05) is 0 Å². The molecule has 8 heteroatoms. The van der Waals surface area contributed by atoms with E-state index in [-0.39, 0.29) is 11.2 Å². The van der Waals surface area contributed by atoms with Crippen LogP contribution in [0.1, 0.15) is 5.56 Å². The van der Waals surface area contributed by atoms with Crippen molar-refractivity contribution in [3.63, 3.8) is 0 Å². The van der Waals surface area contributed by atoms with E-state index in [0.717, 1.165) is 10.1 Å². The molecule has 1 aromatic carbocycles. The van der Waals surface area contributed by atoms with Gasteiger partial charge in [-0.25, -0.2) is 9.78 Å². The summed E-state index contributed by atoms with van der Waals surface area (Å²) in [6.45, 7) is 0. The van der Waals surface area contributed by atoms with Gasteiger partial charge >= 0.3 is 5.69 Å². The summed E-state index contributed by atoms with van der Waals surface area (Å²) in [7, 11) is 4.86. The van der Waals surface area contributed by atoms with Crippen molar-refractivity contribution < 1.29 is 0 Å². The molecule has 23 heavy (non-hydrogen) atoms. The summed E-state index contributed by atoms with van der Waals surface area (Å²) in [5, 5.41) is 1.36. The Bertz CT molecular complexity index is 1020. The first-order valence-electron chi connectivity index (χ1n) is 6.90. The van der Waals surface area contributed by atoms with Crippen molar-refractivity contribution in [2.45, 2.75) is 10.9 Å². The first kappa shape index (κ1) is 15.9. The number of thioether (sulfide) groups is 1. The Hall–Kier alpha value is -1.99. The fourth-order valence-electron chi connectivity index (χ4n) is 2.40. The molecule has 0 saturated carbocycles. The quantitative estimate of drug-likeness (QED) is 0.677. The molecule has 0 atom stereocenters. The van der Waals surface area contributed by atoms with Crippen LogP contribution in [0, 0.1) is 0 Å². The summed E-state index contributed by atoms with van der Waals surface area (Å²) >= 11 is 7.48. The lowest BCUT2D eigenvalue weighted by molar-refractivity contribution is 0.705. The highest BCUT2D eigenvalue weighted by Crippen LogP contribution is 2.24. The van der Waals surface area contributed by atoms with Gasteiger partial charge in [-0.15, -0.1) is 0 Å². The predicted molar refractivity (Wildman–Crippen MR) is 92.2 cm³/mol. The highest BCUT2D eigenvalue weighted by Gasteiger charge is 2.17. The Morgan fingerprint density at radius 2 is 1.87 bits per heavy atom. The lowest BCUT2D eigenvalue weighted by Gasteiger charge is -2.04. The van der Waals surface area contributed by atoms with Gasteiger partial charge in [0.1, 0.15) is 0 Å². The Morgan fingerprint density at radius 3 is 2.57 bits per heavy atom. The van der Waals surface area contributed by atoms with Gasteiger partial charge in [0.05, 0.1) is 0 Å². The second-order valence-electron chi connectivity index (χ2n) is 5.25. The molecule has 2 heterocycles. The molecule has 3 rings (SSSR count). The molecule has 0 radical (unpaired) electrons. The minimum atomic E-state index is -0.382. The lowest BCUT2D eigenvalue weighted by atomic mass is 10.2. The van der Waals surface area contributed by atoms with E-state index in [1.54, 1.807) is 18.7 Å². The van der Waals surface area contributed by atoms with Gasteiger partial charge < -0.3 is 4.57 Å². The van der Waals surface area contributed by atoms with Gasteiger partial charge in [0, 0.05) is 31.9 Å². The number of imidazole rings is 1. The van der Waals surface area contributed by atoms with E-state index in [4.69, 9.17) is 11.6 Å². The smallest absolute Gasteiger partial charge is 0.316 e. The van der Waals surface area contributed by atoms with Crippen molar-refractivity contribution >= 4 is 34.5 Å². The lowest BCUT2D eigenvalue weighted by Crippen LogP contribution is -2.37. The van der Waals surface area contributed by atoms with E-state index >= 15 is 0 Å². The highest BCUT2D eigenvalue weighted by molar-refractivity contribution is 7.98. The summed E-state index contributed by atoms with van der Waals surface area (Å²) in [5.74, 6) is 0.673. The van der Waals surface area contributed by atoms with E-state index in [9.17, 15) is 9.59 Å². The van der Waals surface area contributed by atoms with Gasteiger partial charge in [-0.2, -0.15) is 0 Å². The summed E-state index contributed by atoms with van der Waals surface area (Å²) < 4.78 is 4.21. The number of aromatic nitrogens is 4. The number of hydrogen-bond donors (Lipinski definition) is 0. The minimum absolute atomic E-state index is 0.340. The molecule has 120 valence electrons. The van der Waals surface area contributed by atoms with Crippen molar-refractivity contribution in [2.24, 2.45) is 21.1 Å². The number of fused-ring (bicyclic) bond motifs is 1. The van der Waals surface area contributed by atoms with Crippen LogP contribution < -0.4 is 11.2 Å². The topological polar surface area (TPSA) is 61.8 Å². The standard InChI is InChI=1S/C15H15ClN4O2S/c1-18-11-12(19(2)15(22)20(3)13(11)21)17-14(18)23-8-9-5-4-6-10(16)7-9/h4-7H,8H2,1-3H3. The van der Waals surface area contributed by atoms with Crippen LogP contribution in [0.15, 0.2) is 39.0 Å². The maximum atomic E-state index is 12.3. The zero-order valence-corrected chi connectivity index (χ0v) is 14.5. The molecule has 3 aromatic rings. The zero-order chi connectivity index (χ0) is 16.7. The largest absolute Gasteiger partial charge is 0.332 e. The second-order valence-corrected chi connectivity index (χ2v) is 6.63. The zero-order valence-electron chi connectivity index (χ0n) is 12.9. The maximum absolute atomic E-state index is 12.3. The SMILES string of the molecule is Cn1c(=O)c2c(nc(SCc3cccc(Cl)c3)n2C)n(C)c1=O. The molecule has 0 bridgehead atoms. The van der Waals surface area contributed by atoms with Crippen LogP contribution in [0.3, 0.4) is 0 Å². The van der Waals surface area contributed by atoms with E-state index in [1.165, 1.54) is 23.4 Å². The molecule has 0 aliphatic heterocycles. The van der Waals surface area contributed by atoms with E-state index < -0.39 is 0 Å². The summed E-state index contributed by atoms with van der Waals surface area (Å²) in [6.07, 6.45) is 0. The Labute approximate surface area is 141 Å². The predicted octanol–water partition coefficient (Wildman–Crippen LogP) is 1.92. The molecule has 0 aliphatic rings. The van der Waals surface area contributed by atoms with Crippen molar-refractivity contribution in [1.82, 2.24) is 18.7 Å². The molecule has 0 N–H and O–H groups in total. The average molecular weight is 351 g/mol. The molecule has 0 fully saturated rings. The fourth-order valence-corrected chi connectivity index (χ4v) is 3.53. The van der Waals surface area contributed by atoms with Gasteiger partial charge in [0.2, 0.25) is 0 Å². The van der Waals surface area contributed by atoms with Gasteiger partial charge in [0.15, 0.2) is 16.3 Å². The maximum Gasteiger partial charge on any atom is 0.332 e. The molecule has 0 saturated heterocycles. The molecular formula is C15H15ClN4O2S. The van der Waals surface area contributed by atoms with Crippen LogP contribution in [0.4, 0.5) is 0 Å². The second kappa shape index (κ2) is 5.90. The third kappa shape index (κ3) is 2.70. The number of halogens is 1. The van der Waals surface area contributed by atoms with E-state index in [2.05, 4.69) is 4.98 Å². The summed E-state index contributed by atoms with van der Waals surface area (Å²) in [5.41, 5.74) is 1.16. The number of benzene rings is 1. The first-order valence-corrected chi connectivity index (χ1v) is 8.26. The number of aryl methyl sites for hydroxylation is 2. The van der Waals surface area contributed by atoms with Gasteiger partial charge in [-0.1, -0.05) is 35.5 Å². The Kier molecular flexibility index (Phi) is 4.08. The third-order valence-electron chi connectivity index (χ3n) is 3.69. The molecule has 6 nitrogen and oxygen atoms in total. The number of nitrogens with zero attached hydrogens (tertiary/aromatic N) is 4. The van der Waals surface area contributed by atoms with Gasteiger partial charge in [0.25, 0.3) is 5.56 Å².